The van der Waals surface area contributed by atoms with Crippen LogP contribution in [-0.4, -0.2) is 73.6 Å². The molecular formula is C20H26N4O3. The molecule has 0 aromatic heterocycles. The number of carbonyl (C=O) groups is 2. The second-order valence-electron chi connectivity index (χ2n) is 7.15. The van der Waals surface area contributed by atoms with E-state index in [2.05, 4.69) is 10.2 Å². The molecule has 1 aromatic carbocycles. The smallest absolute Gasteiger partial charge is 0.251 e. The molecule has 0 unspecified atom stereocenters. The Balaban J connectivity index is 1.48. The van der Waals surface area contributed by atoms with Gasteiger partial charge >= 0.3 is 0 Å². The van der Waals surface area contributed by atoms with Gasteiger partial charge in [-0.1, -0.05) is 6.07 Å². The number of nitriles is 1. The highest BCUT2D eigenvalue weighted by atomic mass is 16.5. The summed E-state index contributed by atoms with van der Waals surface area (Å²) in [4.78, 5) is 28.9. The van der Waals surface area contributed by atoms with E-state index in [1.165, 1.54) is 0 Å². The third-order valence-electron chi connectivity index (χ3n) is 5.51. The lowest BCUT2D eigenvalue weighted by molar-refractivity contribution is -0.136. The van der Waals surface area contributed by atoms with Crippen LogP contribution in [0.3, 0.4) is 0 Å². The van der Waals surface area contributed by atoms with Crippen LogP contribution >= 0.6 is 0 Å². The van der Waals surface area contributed by atoms with Crippen molar-refractivity contribution in [1.82, 2.24) is 15.1 Å². The zero-order valence-electron chi connectivity index (χ0n) is 15.7. The number of nitrogens with zero attached hydrogens (tertiary/aromatic N) is 3. The van der Waals surface area contributed by atoms with Gasteiger partial charge in [0.05, 0.1) is 24.8 Å². The van der Waals surface area contributed by atoms with Crippen LogP contribution in [0.1, 0.15) is 35.2 Å². The lowest BCUT2D eigenvalue weighted by Gasteiger charge is -2.30. The van der Waals surface area contributed by atoms with E-state index >= 15 is 0 Å². The van der Waals surface area contributed by atoms with E-state index < -0.39 is 0 Å². The van der Waals surface area contributed by atoms with E-state index in [9.17, 15) is 9.59 Å². The fourth-order valence-electron chi connectivity index (χ4n) is 3.77. The Kier molecular flexibility index (Phi) is 6.43. The molecule has 2 heterocycles. The molecule has 2 saturated heterocycles. The fraction of sp³-hybridized carbons (Fsp3) is 0.550. The summed E-state index contributed by atoms with van der Waals surface area (Å²) in [6.45, 7) is 3.13. The van der Waals surface area contributed by atoms with Crippen molar-refractivity contribution >= 4 is 11.8 Å². The molecule has 0 saturated carbocycles. The number of likely N-dealkylation sites (tertiary alicyclic amines) is 1. The summed E-state index contributed by atoms with van der Waals surface area (Å²) in [6.07, 6.45) is 2.43. The first-order valence-electron chi connectivity index (χ1n) is 9.44. The van der Waals surface area contributed by atoms with Crippen LogP contribution in [0.5, 0.6) is 0 Å². The number of hydrogen-bond donors (Lipinski definition) is 1. The normalized spacial score (nSPS) is 23.0. The van der Waals surface area contributed by atoms with Gasteiger partial charge in [0.15, 0.2) is 0 Å². The predicted molar refractivity (Wildman–Crippen MR) is 100 cm³/mol. The fourth-order valence-corrected chi connectivity index (χ4v) is 3.77. The van der Waals surface area contributed by atoms with Crippen LogP contribution in [0.15, 0.2) is 24.3 Å². The molecule has 2 aliphatic rings. The second kappa shape index (κ2) is 8.98. The molecule has 1 N–H and O–H groups in total. The Morgan fingerprint density at radius 1 is 1.26 bits per heavy atom. The Bertz CT molecular complexity index is 724. The highest BCUT2D eigenvalue weighted by molar-refractivity contribution is 5.94. The Morgan fingerprint density at radius 2 is 2.00 bits per heavy atom. The van der Waals surface area contributed by atoms with E-state index in [4.69, 9.17) is 10.00 Å². The summed E-state index contributed by atoms with van der Waals surface area (Å²) >= 11 is 0. The van der Waals surface area contributed by atoms with Crippen LogP contribution in [0.25, 0.3) is 0 Å². The molecule has 2 fully saturated rings. The number of benzene rings is 1. The predicted octanol–water partition coefficient (Wildman–Crippen LogP) is 1.000. The second-order valence-corrected chi connectivity index (χ2v) is 7.15. The topological polar surface area (TPSA) is 85.7 Å². The Labute approximate surface area is 159 Å². The molecule has 0 aliphatic carbocycles. The SMILES string of the molecule is CN1[C@@H](CC(=O)N2CCOCC2)CC[C@H]1CNC(=O)c1cccc(C#N)c1. The number of likely N-dealkylation sites (N-methyl/N-ethyl adjacent to an activating group) is 1. The molecule has 2 aliphatic heterocycles. The van der Waals surface area contributed by atoms with Crippen LogP contribution in [0, 0.1) is 11.3 Å². The largest absolute Gasteiger partial charge is 0.378 e. The number of morpholine rings is 1. The maximum absolute atomic E-state index is 12.5. The molecule has 0 radical (unpaired) electrons. The van der Waals surface area contributed by atoms with E-state index in [0.717, 1.165) is 12.8 Å². The standard InChI is InChI=1S/C20H26N4O3/c1-23-17(12-19(25)24-7-9-27-10-8-24)5-6-18(23)14-22-20(26)16-4-2-3-15(11-16)13-21/h2-4,11,17-18H,5-10,12,14H2,1H3,(H,22,26)/t17-,18+/m1/s1. The highest BCUT2D eigenvalue weighted by Gasteiger charge is 2.33. The number of nitrogens with one attached hydrogen (secondary N) is 1. The van der Waals surface area contributed by atoms with Gasteiger partial charge < -0.3 is 15.0 Å². The quantitative estimate of drug-likeness (QED) is 0.836. The van der Waals surface area contributed by atoms with Crippen molar-refractivity contribution in [2.45, 2.75) is 31.3 Å². The summed E-state index contributed by atoms with van der Waals surface area (Å²) in [5, 5.41) is 11.9. The maximum atomic E-state index is 12.5. The zero-order valence-corrected chi connectivity index (χ0v) is 15.7. The Morgan fingerprint density at radius 3 is 2.74 bits per heavy atom. The van der Waals surface area contributed by atoms with Gasteiger partial charge in [-0.05, 0) is 38.1 Å². The summed E-state index contributed by atoms with van der Waals surface area (Å²) < 4.78 is 5.30. The van der Waals surface area contributed by atoms with Gasteiger partial charge in [-0.15, -0.1) is 0 Å². The lowest BCUT2D eigenvalue weighted by atomic mass is 10.1. The minimum absolute atomic E-state index is 0.173. The average molecular weight is 370 g/mol. The molecule has 3 rings (SSSR count). The first kappa shape index (κ1) is 19.3. The van der Waals surface area contributed by atoms with Gasteiger partial charge in [-0.3, -0.25) is 14.5 Å². The van der Waals surface area contributed by atoms with Gasteiger partial charge in [-0.2, -0.15) is 5.26 Å². The zero-order chi connectivity index (χ0) is 19.2. The first-order valence-corrected chi connectivity index (χ1v) is 9.44. The molecular weight excluding hydrogens is 344 g/mol. The highest BCUT2D eigenvalue weighted by Crippen LogP contribution is 2.25. The molecule has 27 heavy (non-hydrogen) atoms. The van der Waals surface area contributed by atoms with Crippen molar-refractivity contribution in [3.05, 3.63) is 35.4 Å². The molecule has 144 valence electrons. The van der Waals surface area contributed by atoms with Crippen LogP contribution in [0.2, 0.25) is 0 Å². The maximum Gasteiger partial charge on any atom is 0.251 e. The minimum Gasteiger partial charge on any atom is -0.378 e. The third kappa shape index (κ3) is 4.85. The number of ether oxygens (including phenoxy) is 1. The minimum atomic E-state index is -0.173. The van der Waals surface area contributed by atoms with Gasteiger partial charge in [0, 0.05) is 43.7 Å². The van der Waals surface area contributed by atoms with Crippen molar-refractivity contribution in [2.75, 3.05) is 39.9 Å². The average Bonchev–Trinajstić information content (AvgIpc) is 3.06. The molecule has 7 heteroatoms. The van der Waals surface area contributed by atoms with Gasteiger partial charge in [0.1, 0.15) is 0 Å². The molecule has 2 atom stereocenters. The van der Waals surface area contributed by atoms with E-state index in [1.54, 1.807) is 24.3 Å². The summed E-state index contributed by atoms with van der Waals surface area (Å²) in [5.74, 6) is 0.0153. The van der Waals surface area contributed by atoms with E-state index in [-0.39, 0.29) is 23.9 Å². The summed E-state index contributed by atoms with van der Waals surface area (Å²) in [7, 11) is 2.03. The molecule has 0 bridgehead atoms. The number of amides is 2. The summed E-state index contributed by atoms with van der Waals surface area (Å²) in [5.41, 5.74) is 0.969. The van der Waals surface area contributed by atoms with Crippen molar-refractivity contribution in [2.24, 2.45) is 0 Å². The van der Waals surface area contributed by atoms with E-state index in [0.29, 0.717) is 50.4 Å². The van der Waals surface area contributed by atoms with Crippen LogP contribution < -0.4 is 5.32 Å². The first-order chi connectivity index (χ1) is 13.1. The number of hydrogen-bond acceptors (Lipinski definition) is 5. The molecule has 7 nitrogen and oxygen atoms in total. The van der Waals surface area contributed by atoms with Crippen molar-refractivity contribution in [3.8, 4) is 6.07 Å². The lowest BCUT2D eigenvalue weighted by Crippen LogP contribution is -2.45. The van der Waals surface area contributed by atoms with Crippen molar-refractivity contribution in [3.63, 3.8) is 0 Å². The van der Waals surface area contributed by atoms with Crippen molar-refractivity contribution in [1.29, 1.82) is 5.26 Å². The van der Waals surface area contributed by atoms with Crippen molar-refractivity contribution < 1.29 is 14.3 Å². The molecule has 2 amide bonds. The van der Waals surface area contributed by atoms with Crippen LogP contribution in [-0.2, 0) is 9.53 Å². The van der Waals surface area contributed by atoms with Gasteiger partial charge in [0.25, 0.3) is 5.91 Å². The van der Waals surface area contributed by atoms with E-state index in [1.807, 2.05) is 18.0 Å². The molecule has 0 spiro atoms. The Hall–Kier alpha value is -2.43. The number of rotatable bonds is 5. The third-order valence-corrected chi connectivity index (χ3v) is 5.51. The summed E-state index contributed by atoms with van der Waals surface area (Å²) in [6, 6.07) is 9.17. The number of carbonyl (C=O) groups excluding carboxylic acids is 2. The van der Waals surface area contributed by atoms with Crippen LogP contribution in [0.4, 0.5) is 0 Å². The van der Waals surface area contributed by atoms with Gasteiger partial charge in [0.2, 0.25) is 5.91 Å². The monoisotopic (exact) mass is 370 g/mol. The van der Waals surface area contributed by atoms with Gasteiger partial charge in [-0.25, -0.2) is 0 Å². The molecule has 1 aromatic rings.